The number of carbonyl (C=O) groups excluding carboxylic acids is 1. The minimum Gasteiger partial charge on any atom is -0.463 e. The second-order valence-electron chi connectivity index (χ2n) is 3.96. The van der Waals surface area contributed by atoms with Crippen LogP contribution in [0, 0.1) is 0 Å². The molecule has 1 unspecified atom stereocenters. The van der Waals surface area contributed by atoms with Gasteiger partial charge in [0, 0.05) is 12.0 Å². The predicted octanol–water partition coefficient (Wildman–Crippen LogP) is 2.42. The van der Waals surface area contributed by atoms with Gasteiger partial charge in [0.2, 0.25) is 0 Å². The van der Waals surface area contributed by atoms with Crippen molar-refractivity contribution in [1.29, 1.82) is 0 Å². The molecule has 0 radical (unpaired) electrons. The van der Waals surface area contributed by atoms with Gasteiger partial charge in [0.15, 0.2) is 0 Å². The standard InChI is InChI=1S/C14H16O3/c1-2-16-14(15)12(9-13-10-17-13)8-11-6-4-3-5-7-11/h3-8,13H,2,9-10H2,1H3/b12-8-. The minimum atomic E-state index is -0.244. The summed E-state index contributed by atoms with van der Waals surface area (Å²) in [7, 11) is 0. The molecular weight excluding hydrogens is 216 g/mol. The summed E-state index contributed by atoms with van der Waals surface area (Å²) in [5, 5.41) is 0. The molecule has 0 bridgehead atoms. The number of hydrogen-bond donors (Lipinski definition) is 0. The van der Waals surface area contributed by atoms with Crippen LogP contribution in [0.1, 0.15) is 18.9 Å². The molecule has 1 fully saturated rings. The summed E-state index contributed by atoms with van der Waals surface area (Å²) < 4.78 is 10.2. The van der Waals surface area contributed by atoms with E-state index in [9.17, 15) is 4.79 Å². The molecular formula is C14H16O3. The van der Waals surface area contributed by atoms with Crippen LogP contribution in [0.5, 0.6) is 0 Å². The third-order valence-corrected chi connectivity index (χ3v) is 2.53. The summed E-state index contributed by atoms with van der Waals surface area (Å²) in [6.45, 7) is 2.95. The second-order valence-corrected chi connectivity index (χ2v) is 3.96. The van der Waals surface area contributed by atoms with Gasteiger partial charge in [-0.15, -0.1) is 0 Å². The van der Waals surface area contributed by atoms with Crippen molar-refractivity contribution in [2.45, 2.75) is 19.4 Å². The fourth-order valence-corrected chi connectivity index (χ4v) is 1.61. The van der Waals surface area contributed by atoms with Crippen LogP contribution in [-0.2, 0) is 14.3 Å². The number of ether oxygens (including phenoxy) is 2. The first kappa shape index (κ1) is 11.9. The maximum absolute atomic E-state index is 11.8. The SMILES string of the molecule is CCOC(=O)/C(=C\c1ccccc1)CC1CO1. The van der Waals surface area contributed by atoms with Crippen LogP contribution in [0.4, 0.5) is 0 Å². The Morgan fingerprint density at radius 2 is 2.18 bits per heavy atom. The summed E-state index contributed by atoms with van der Waals surface area (Å²) in [4.78, 5) is 11.8. The molecule has 1 aromatic carbocycles. The van der Waals surface area contributed by atoms with Crippen molar-refractivity contribution < 1.29 is 14.3 Å². The fourth-order valence-electron chi connectivity index (χ4n) is 1.61. The van der Waals surface area contributed by atoms with E-state index in [1.54, 1.807) is 0 Å². The molecule has 17 heavy (non-hydrogen) atoms. The molecule has 1 aliphatic heterocycles. The lowest BCUT2D eigenvalue weighted by molar-refractivity contribution is -0.138. The highest BCUT2D eigenvalue weighted by Gasteiger charge is 2.26. The second kappa shape index (κ2) is 5.64. The molecule has 0 aliphatic carbocycles. The topological polar surface area (TPSA) is 38.8 Å². The Hall–Kier alpha value is -1.61. The van der Waals surface area contributed by atoms with E-state index in [0.717, 1.165) is 12.2 Å². The maximum Gasteiger partial charge on any atom is 0.334 e. The molecule has 2 rings (SSSR count). The Morgan fingerprint density at radius 1 is 1.47 bits per heavy atom. The molecule has 1 aliphatic rings. The molecule has 0 amide bonds. The van der Waals surface area contributed by atoms with Gasteiger partial charge in [-0.05, 0) is 18.6 Å². The zero-order valence-electron chi connectivity index (χ0n) is 9.89. The summed E-state index contributed by atoms with van der Waals surface area (Å²) >= 11 is 0. The smallest absolute Gasteiger partial charge is 0.334 e. The highest BCUT2D eigenvalue weighted by Crippen LogP contribution is 2.22. The minimum absolute atomic E-state index is 0.189. The summed E-state index contributed by atoms with van der Waals surface area (Å²) in [5.41, 5.74) is 1.69. The predicted molar refractivity (Wildman–Crippen MR) is 65.4 cm³/mol. The summed E-state index contributed by atoms with van der Waals surface area (Å²) in [5.74, 6) is -0.244. The highest BCUT2D eigenvalue weighted by atomic mass is 16.6. The van der Waals surface area contributed by atoms with E-state index < -0.39 is 0 Å². The van der Waals surface area contributed by atoms with E-state index in [-0.39, 0.29) is 12.1 Å². The third-order valence-electron chi connectivity index (χ3n) is 2.53. The first-order valence-corrected chi connectivity index (χ1v) is 5.84. The van der Waals surface area contributed by atoms with Crippen LogP contribution in [-0.4, -0.2) is 25.3 Å². The van der Waals surface area contributed by atoms with Crippen molar-refractivity contribution in [3.8, 4) is 0 Å². The number of hydrogen-bond acceptors (Lipinski definition) is 3. The lowest BCUT2D eigenvalue weighted by Gasteiger charge is -2.05. The molecule has 0 saturated carbocycles. The maximum atomic E-state index is 11.8. The lowest BCUT2D eigenvalue weighted by atomic mass is 10.1. The van der Waals surface area contributed by atoms with Gasteiger partial charge in [0.1, 0.15) is 0 Å². The molecule has 1 aromatic rings. The van der Waals surface area contributed by atoms with Crippen LogP contribution >= 0.6 is 0 Å². The average molecular weight is 232 g/mol. The highest BCUT2D eigenvalue weighted by molar-refractivity contribution is 5.93. The van der Waals surface area contributed by atoms with E-state index in [2.05, 4.69) is 0 Å². The first-order valence-electron chi connectivity index (χ1n) is 5.84. The zero-order chi connectivity index (χ0) is 12.1. The van der Waals surface area contributed by atoms with Crippen molar-refractivity contribution in [2.24, 2.45) is 0 Å². The van der Waals surface area contributed by atoms with Crippen LogP contribution in [0.15, 0.2) is 35.9 Å². The summed E-state index contributed by atoms with van der Waals surface area (Å²) in [6.07, 6.45) is 2.70. The van der Waals surface area contributed by atoms with Gasteiger partial charge in [0.25, 0.3) is 0 Å². The van der Waals surface area contributed by atoms with E-state index in [0.29, 0.717) is 18.6 Å². The normalized spacial score (nSPS) is 18.9. The molecule has 0 spiro atoms. The van der Waals surface area contributed by atoms with Gasteiger partial charge in [-0.25, -0.2) is 4.79 Å². The van der Waals surface area contributed by atoms with E-state index in [4.69, 9.17) is 9.47 Å². The Morgan fingerprint density at radius 3 is 2.76 bits per heavy atom. The number of benzene rings is 1. The van der Waals surface area contributed by atoms with E-state index in [1.807, 2.05) is 43.3 Å². The van der Waals surface area contributed by atoms with Gasteiger partial charge < -0.3 is 9.47 Å². The largest absolute Gasteiger partial charge is 0.463 e. The van der Waals surface area contributed by atoms with Gasteiger partial charge in [-0.3, -0.25) is 0 Å². The van der Waals surface area contributed by atoms with Crippen molar-refractivity contribution in [3.63, 3.8) is 0 Å². The fraction of sp³-hybridized carbons (Fsp3) is 0.357. The number of carbonyl (C=O) groups is 1. The van der Waals surface area contributed by atoms with Crippen LogP contribution in [0.2, 0.25) is 0 Å². The van der Waals surface area contributed by atoms with Gasteiger partial charge in [-0.1, -0.05) is 30.3 Å². The first-order chi connectivity index (χ1) is 8.29. The molecule has 0 aromatic heterocycles. The number of esters is 1. The lowest BCUT2D eigenvalue weighted by Crippen LogP contribution is -2.09. The van der Waals surface area contributed by atoms with Gasteiger partial charge >= 0.3 is 5.97 Å². The number of rotatable bonds is 5. The van der Waals surface area contributed by atoms with Crippen LogP contribution in [0.3, 0.4) is 0 Å². The molecule has 0 N–H and O–H groups in total. The molecule has 1 saturated heterocycles. The number of epoxide rings is 1. The van der Waals surface area contributed by atoms with Crippen LogP contribution in [0.25, 0.3) is 6.08 Å². The Labute approximate surface area is 101 Å². The van der Waals surface area contributed by atoms with Crippen molar-refractivity contribution in [3.05, 3.63) is 41.5 Å². The van der Waals surface area contributed by atoms with Crippen molar-refractivity contribution in [2.75, 3.05) is 13.2 Å². The third kappa shape index (κ3) is 3.71. The quantitative estimate of drug-likeness (QED) is 0.444. The average Bonchev–Trinajstić information content (AvgIpc) is 3.14. The van der Waals surface area contributed by atoms with E-state index >= 15 is 0 Å². The van der Waals surface area contributed by atoms with E-state index in [1.165, 1.54) is 0 Å². The van der Waals surface area contributed by atoms with Gasteiger partial charge in [0.05, 0.1) is 19.3 Å². The monoisotopic (exact) mass is 232 g/mol. The molecule has 90 valence electrons. The van der Waals surface area contributed by atoms with Crippen molar-refractivity contribution in [1.82, 2.24) is 0 Å². The molecule has 3 nitrogen and oxygen atoms in total. The van der Waals surface area contributed by atoms with Crippen LogP contribution < -0.4 is 0 Å². The van der Waals surface area contributed by atoms with Gasteiger partial charge in [-0.2, -0.15) is 0 Å². The summed E-state index contributed by atoms with van der Waals surface area (Å²) in [6, 6.07) is 9.77. The zero-order valence-corrected chi connectivity index (χ0v) is 9.89. The Kier molecular flexibility index (Phi) is 3.94. The van der Waals surface area contributed by atoms with Crippen molar-refractivity contribution >= 4 is 12.0 Å². The molecule has 3 heteroatoms. The molecule has 1 heterocycles. The Bertz CT molecular complexity index is 405. The molecule has 1 atom stereocenters. The Balaban J connectivity index is 2.13.